The number of carboxylic acids is 1. The van der Waals surface area contributed by atoms with Crippen LogP contribution in [0.2, 0.25) is 10.0 Å². The third-order valence-corrected chi connectivity index (χ3v) is 3.24. The molecule has 1 aromatic heterocycles. The SMILES string of the molecule is O=C(CCc1ccco1)Nc1c(Cl)cc(Cl)cc1C(=O)O. The number of furan rings is 1. The molecule has 7 heteroatoms. The van der Waals surface area contributed by atoms with Crippen molar-refractivity contribution in [1.29, 1.82) is 0 Å². The number of halogens is 2. The molecule has 0 spiro atoms. The molecule has 0 unspecified atom stereocenters. The van der Waals surface area contributed by atoms with Crippen molar-refractivity contribution in [3.63, 3.8) is 0 Å². The number of amides is 1. The second-order valence-electron chi connectivity index (χ2n) is 4.24. The lowest BCUT2D eigenvalue weighted by atomic mass is 10.1. The second kappa shape index (κ2) is 6.65. The van der Waals surface area contributed by atoms with E-state index in [0.717, 1.165) is 0 Å². The zero-order valence-electron chi connectivity index (χ0n) is 10.7. The van der Waals surface area contributed by atoms with Crippen LogP contribution >= 0.6 is 23.2 Å². The molecule has 0 fully saturated rings. The van der Waals surface area contributed by atoms with Crippen LogP contribution < -0.4 is 5.32 Å². The Kier molecular flexibility index (Phi) is 4.88. The number of aryl methyl sites for hydroxylation is 1. The standard InChI is InChI=1S/C14H11Cl2NO4/c15-8-6-10(14(19)20)13(11(16)7-8)17-12(18)4-3-9-2-1-5-21-9/h1-2,5-7H,3-4H2,(H,17,18)(H,19,20). The van der Waals surface area contributed by atoms with Crippen LogP contribution in [0.25, 0.3) is 0 Å². The molecular weight excluding hydrogens is 317 g/mol. The fraction of sp³-hybridized carbons (Fsp3) is 0.143. The monoisotopic (exact) mass is 327 g/mol. The maximum atomic E-state index is 11.9. The van der Waals surface area contributed by atoms with Gasteiger partial charge in [0.05, 0.1) is 22.5 Å². The molecule has 0 saturated carbocycles. The average Bonchev–Trinajstić information content (AvgIpc) is 2.92. The average molecular weight is 328 g/mol. The predicted octanol–water partition coefficient (Wildman–Crippen LogP) is 3.86. The molecule has 0 atom stereocenters. The van der Waals surface area contributed by atoms with Gasteiger partial charge in [0.15, 0.2) is 0 Å². The van der Waals surface area contributed by atoms with Crippen molar-refractivity contribution in [3.05, 3.63) is 51.9 Å². The first-order valence-electron chi connectivity index (χ1n) is 6.02. The van der Waals surface area contributed by atoms with Crippen LogP contribution in [0.15, 0.2) is 34.9 Å². The van der Waals surface area contributed by atoms with Gasteiger partial charge in [-0.3, -0.25) is 4.79 Å². The van der Waals surface area contributed by atoms with E-state index in [-0.39, 0.29) is 33.6 Å². The summed E-state index contributed by atoms with van der Waals surface area (Å²) in [5.41, 5.74) is -0.114. The van der Waals surface area contributed by atoms with Crippen molar-refractivity contribution >= 4 is 40.8 Å². The summed E-state index contributed by atoms with van der Waals surface area (Å²) in [6.07, 6.45) is 2.07. The Labute approximate surface area is 130 Å². The van der Waals surface area contributed by atoms with Crippen molar-refractivity contribution < 1.29 is 19.1 Å². The Morgan fingerprint density at radius 2 is 2.05 bits per heavy atom. The predicted molar refractivity (Wildman–Crippen MR) is 79.1 cm³/mol. The van der Waals surface area contributed by atoms with Crippen molar-refractivity contribution in [2.75, 3.05) is 5.32 Å². The van der Waals surface area contributed by atoms with Gasteiger partial charge in [-0.1, -0.05) is 23.2 Å². The Morgan fingerprint density at radius 3 is 2.67 bits per heavy atom. The van der Waals surface area contributed by atoms with E-state index in [1.807, 2.05) is 0 Å². The summed E-state index contributed by atoms with van der Waals surface area (Å²) in [5.74, 6) is -0.912. The van der Waals surface area contributed by atoms with Crippen LogP contribution in [0, 0.1) is 0 Å². The lowest BCUT2D eigenvalue weighted by molar-refractivity contribution is -0.116. The van der Waals surface area contributed by atoms with Gasteiger partial charge in [0.25, 0.3) is 0 Å². The smallest absolute Gasteiger partial charge is 0.337 e. The summed E-state index contributed by atoms with van der Waals surface area (Å²) in [7, 11) is 0. The number of hydrogen-bond donors (Lipinski definition) is 2. The van der Waals surface area contributed by atoms with Crippen LogP contribution in [-0.4, -0.2) is 17.0 Å². The first-order chi connectivity index (χ1) is 9.97. The molecule has 1 amide bonds. The Bertz CT molecular complexity index is 668. The minimum atomic E-state index is -1.22. The maximum Gasteiger partial charge on any atom is 0.337 e. The van der Waals surface area contributed by atoms with Gasteiger partial charge in [0.1, 0.15) is 5.76 Å². The van der Waals surface area contributed by atoms with E-state index >= 15 is 0 Å². The van der Waals surface area contributed by atoms with Crippen molar-refractivity contribution in [2.45, 2.75) is 12.8 Å². The highest BCUT2D eigenvalue weighted by atomic mass is 35.5. The molecule has 0 saturated heterocycles. The van der Waals surface area contributed by atoms with Gasteiger partial charge in [-0.05, 0) is 24.3 Å². The fourth-order valence-corrected chi connectivity index (χ4v) is 2.30. The van der Waals surface area contributed by atoms with Crippen molar-refractivity contribution in [1.82, 2.24) is 0 Å². The summed E-state index contributed by atoms with van der Waals surface area (Å²) in [6.45, 7) is 0. The number of carbonyl (C=O) groups excluding carboxylic acids is 1. The summed E-state index contributed by atoms with van der Waals surface area (Å²) >= 11 is 11.7. The minimum absolute atomic E-state index is 0.0398. The van der Waals surface area contributed by atoms with E-state index in [1.54, 1.807) is 12.1 Å². The lowest BCUT2D eigenvalue weighted by Gasteiger charge is -2.11. The Balaban J connectivity index is 2.11. The van der Waals surface area contributed by atoms with E-state index < -0.39 is 5.97 Å². The third-order valence-electron chi connectivity index (χ3n) is 2.73. The molecular formula is C14H11Cl2NO4. The van der Waals surface area contributed by atoms with Crippen LogP contribution in [0.3, 0.4) is 0 Å². The van der Waals surface area contributed by atoms with Crippen molar-refractivity contribution in [2.24, 2.45) is 0 Å². The molecule has 0 radical (unpaired) electrons. The molecule has 1 heterocycles. The van der Waals surface area contributed by atoms with E-state index in [4.69, 9.17) is 32.7 Å². The topological polar surface area (TPSA) is 79.5 Å². The lowest BCUT2D eigenvalue weighted by Crippen LogP contribution is -2.15. The zero-order chi connectivity index (χ0) is 15.4. The van der Waals surface area contributed by atoms with E-state index in [1.165, 1.54) is 18.4 Å². The molecule has 0 bridgehead atoms. The number of aromatic carboxylic acids is 1. The van der Waals surface area contributed by atoms with Crippen LogP contribution in [-0.2, 0) is 11.2 Å². The molecule has 1 aromatic carbocycles. The summed E-state index contributed by atoms with van der Waals surface area (Å²) in [6, 6.07) is 6.09. The highest BCUT2D eigenvalue weighted by Crippen LogP contribution is 2.30. The van der Waals surface area contributed by atoms with Gasteiger partial charge in [-0.2, -0.15) is 0 Å². The van der Waals surface area contributed by atoms with Gasteiger partial charge in [0, 0.05) is 17.9 Å². The van der Waals surface area contributed by atoms with Crippen molar-refractivity contribution in [3.8, 4) is 0 Å². The number of hydrogen-bond acceptors (Lipinski definition) is 3. The van der Waals surface area contributed by atoms with Gasteiger partial charge >= 0.3 is 5.97 Å². The van der Waals surface area contributed by atoms with E-state index in [9.17, 15) is 9.59 Å². The summed E-state index contributed by atoms with van der Waals surface area (Å²) < 4.78 is 5.12. The summed E-state index contributed by atoms with van der Waals surface area (Å²) in [4.78, 5) is 23.1. The number of nitrogens with one attached hydrogen (secondary N) is 1. The first-order valence-corrected chi connectivity index (χ1v) is 6.77. The Morgan fingerprint density at radius 1 is 1.29 bits per heavy atom. The van der Waals surface area contributed by atoms with Crippen LogP contribution in [0.1, 0.15) is 22.5 Å². The molecule has 21 heavy (non-hydrogen) atoms. The molecule has 5 nitrogen and oxygen atoms in total. The molecule has 2 rings (SSSR count). The molecule has 110 valence electrons. The molecule has 2 aromatic rings. The minimum Gasteiger partial charge on any atom is -0.478 e. The molecule has 2 N–H and O–H groups in total. The highest BCUT2D eigenvalue weighted by Gasteiger charge is 2.17. The maximum absolute atomic E-state index is 11.9. The normalized spacial score (nSPS) is 10.4. The zero-order valence-corrected chi connectivity index (χ0v) is 12.2. The largest absolute Gasteiger partial charge is 0.478 e. The number of carboxylic acid groups (broad SMARTS) is 1. The van der Waals surface area contributed by atoms with Crippen LogP contribution in [0.4, 0.5) is 5.69 Å². The van der Waals surface area contributed by atoms with E-state index in [2.05, 4.69) is 5.32 Å². The van der Waals surface area contributed by atoms with Gasteiger partial charge in [-0.15, -0.1) is 0 Å². The summed E-state index contributed by atoms with van der Waals surface area (Å²) in [5, 5.41) is 11.9. The van der Waals surface area contributed by atoms with E-state index in [0.29, 0.717) is 12.2 Å². The molecule has 0 aliphatic heterocycles. The fourth-order valence-electron chi connectivity index (χ4n) is 1.76. The Hall–Kier alpha value is -1.98. The first kappa shape index (κ1) is 15.4. The number of benzene rings is 1. The van der Waals surface area contributed by atoms with Gasteiger partial charge < -0.3 is 14.8 Å². The number of carbonyl (C=O) groups is 2. The third kappa shape index (κ3) is 4.00. The highest BCUT2D eigenvalue weighted by molar-refractivity contribution is 6.37. The molecule has 0 aliphatic carbocycles. The van der Waals surface area contributed by atoms with Crippen LogP contribution in [0.5, 0.6) is 0 Å². The quantitative estimate of drug-likeness (QED) is 0.873. The number of anilines is 1. The number of rotatable bonds is 5. The second-order valence-corrected chi connectivity index (χ2v) is 5.09. The van der Waals surface area contributed by atoms with Gasteiger partial charge in [0.2, 0.25) is 5.91 Å². The molecule has 0 aliphatic rings. The van der Waals surface area contributed by atoms with Gasteiger partial charge in [-0.25, -0.2) is 4.79 Å².